The molecule has 11 nitrogen and oxygen atoms in total. The zero-order valence-electron chi connectivity index (χ0n) is 28.5. The van der Waals surface area contributed by atoms with E-state index in [4.69, 9.17) is 14.0 Å². The molecule has 1 fully saturated rings. The van der Waals surface area contributed by atoms with Gasteiger partial charge in [-0.15, -0.1) is 0 Å². The molecule has 46 heavy (non-hydrogen) atoms. The van der Waals surface area contributed by atoms with Gasteiger partial charge in [0.25, 0.3) is 15.9 Å². The Bertz CT molecular complexity index is 1370. The lowest BCUT2D eigenvalue weighted by atomic mass is 9.89. The SMILES string of the molecule is Cc1noc(C)c1S(=O)(=O)Nc1ccc2c(c1)C(=O)N([C@@H](C)CO)C[C@@H](C)[C@@H](CN(C)CC1CCCCC1)OCCCC[C@H](C)O2. The number of sulfonamides is 1. The summed E-state index contributed by atoms with van der Waals surface area (Å²) in [7, 11) is -1.88. The molecule has 4 rings (SSSR count). The topological polar surface area (TPSA) is 134 Å². The maximum atomic E-state index is 14.4. The highest BCUT2D eigenvalue weighted by Gasteiger charge is 2.31. The van der Waals surface area contributed by atoms with Crippen molar-refractivity contribution in [1.82, 2.24) is 15.0 Å². The first-order valence-electron chi connectivity index (χ1n) is 16.9. The molecule has 1 aliphatic heterocycles. The van der Waals surface area contributed by atoms with Crippen molar-refractivity contribution in [3.05, 3.63) is 35.2 Å². The van der Waals surface area contributed by atoms with Crippen LogP contribution in [0.3, 0.4) is 0 Å². The quantitative estimate of drug-likeness (QED) is 0.362. The number of aliphatic hydroxyl groups excluding tert-OH is 1. The number of aliphatic hydroxyl groups is 1. The number of carbonyl (C=O) groups is 1. The van der Waals surface area contributed by atoms with Gasteiger partial charge in [-0.3, -0.25) is 9.52 Å². The van der Waals surface area contributed by atoms with Gasteiger partial charge in [0, 0.05) is 37.8 Å². The fraction of sp³-hybridized carbons (Fsp3) is 0.706. The number of hydrogen-bond acceptors (Lipinski definition) is 9. The molecule has 0 unspecified atom stereocenters. The molecule has 2 aromatic rings. The average Bonchev–Trinajstić information content (AvgIpc) is 3.37. The van der Waals surface area contributed by atoms with Crippen LogP contribution in [0.15, 0.2) is 27.6 Å². The number of nitrogens with one attached hydrogen (secondary N) is 1. The van der Waals surface area contributed by atoms with Gasteiger partial charge in [0.1, 0.15) is 11.4 Å². The lowest BCUT2D eigenvalue weighted by Gasteiger charge is -2.36. The van der Waals surface area contributed by atoms with E-state index in [2.05, 4.69) is 28.8 Å². The number of carbonyl (C=O) groups excluding carboxylic acids is 1. The highest BCUT2D eigenvalue weighted by Crippen LogP contribution is 2.31. The first-order chi connectivity index (χ1) is 21.9. The number of nitrogens with zero attached hydrogens (tertiary/aromatic N) is 3. The van der Waals surface area contributed by atoms with E-state index in [-0.39, 0.29) is 58.2 Å². The Labute approximate surface area is 275 Å². The van der Waals surface area contributed by atoms with Gasteiger partial charge < -0.3 is 28.9 Å². The zero-order chi connectivity index (χ0) is 33.4. The number of rotatable bonds is 9. The molecule has 0 bridgehead atoms. The molecule has 12 heteroatoms. The van der Waals surface area contributed by atoms with Crippen LogP contribution in [0, 0.1) is 25.7 Å². The first kappa shape index (κ1) is 36.2. The average molecular weight is 663 g/mol. The lowest BCUT2D eigenvalue weighted by molar-refractivity contribution is -0.0190. The van der Waals surface area contributed by atoms with Gasteiger partial charge in [-0.2, -0.15) is 0 Å². The molecular formula is C34H54N4O7S. The molecule has 258 valence electrons. The van der Waals surface area contributed by atoms with Gasteiger partial charge >= 0.3 is 0 Å². The van der Waals surface area contributed by atoms with E-state index in [1.807, 2.05) is 13.8 Å². The fourth-order valence-corrected chi connectivity index (χ4v) is 8.09. The molecule has 0 spiro atoms. The molecular weight excluding hydrogens is 608 g/mol. The van der Waals surface area contributed by atoms with Crippen LogP contribution in [-0.4, -0.2) is 92.5 Å². The Kier molecular flexibility index (Phi) is 12.9. The third-order valence-electron chi connectivity index (χ3n) is 9.33. The summed E-state index contributed by atoms with van der Waals surface area (Å²) in [6.45, 7) is 11.5. The molecule has 1 aliphatic carbocycles. The van der Waals surface area contributed by atoms with Crippen LogP contribution in [0.5, 0.6) is 5.75 Å². The van der Waals surface area contributed by atoms with Crippen LogP contribution in [0.25, 0.3) is 0 Å². The Balaban J connectivity index is 1.63. The smallest absolute Gasteiger partial charge is 0.267 e. The number of aryl methyl sites for hydroxylation is 2. The lowest BCUT2D eigenvalue weighted by Crippen LogP contribution is -2.47. The number of anilines is 1. The number of likely N-dealkylation sites (N-methyl/N-ethyl adjacent to an activating group) is 1. The summed E-state index contributed by atoms with van der Waals surface area (Å²) in [5, 5.41) is 14.0. The van der Waals surface area contributed by atoms with Crippen molar-refractivity contribution in [3.63, 3.8) is 0 Å². The minimum Gasteiger partial charge on any atom is -0.490 e. The minimum absolute atomic E-state index is 0.0285. The summed E-state index contributed by atoms with van der Waals surface area (Å²) in [6.07, 6.45) is 8.79. The molecule has 2 heterocycles. The van der Waals surface area contributed by atoms with Crippen LogP contribution < -0.4 is 9.46 Å². The summed E-state index contributed by atoms with van der Waals surface area (Å²) in [5.41, 5.74) is 0.677. The molecule has 0 radical (unpaired) electrons. The van der Waals surface area contributed by atoms with E-state index >= 15 is 0 Å². The van der Waals surface area contributed by atoms with Crippen LogP contribution in [0.1, 0.15) is 93.9 Å². The summed E-state index contributed by atoms with van der Waals surface area (Å²) in [6, 6.07) is 4.25. The minimum atomic E-state index is -4.04. The van der Waals surface area contributed by atoms with Gasteiger partial charge in [-0.1, -0.05) is 31.3 Å². The number of ether oxygens (including phenoxy) is 2. The molecule has 2 N–H and O–H groups in total. The van der Waals surface area contributed by atoms with E-state index in [1.165, 1.54) is 45.1 Å². The Hall–Kier alpha value is -2.67. The number of amides is 1. The standard InChI is InChI=1S/C34H54N4O7S/c1-23-19-38(24(2)22-39)34(40)30-18-29(36-46(41,42)33-26(4)35-45-27(33)5)15-16-31(30)44-25(3)12-10-11-17-43-32(23)21-37(6)20-28-13-8-7-9-14-28/h15-16,18,23-25,28,32,36,39H,7-14,17,19-22H2,1-6H3/t23-,24+,25+,32-/m1/s1. The number of benzene rings is 1. The van der Waals surface area contributed by atoms with Crippen molar-refractivity contribution in [2.24, 2.45) is 11.8 Å². The van der Waals surface area contributed by atoms with Crippen LogP contribution >= 0.6 is 0 Å². The van der Waals surface area contributed by atoms with E-state index in [0.29, 0.717) is 24.8 Å². The van der Waals surface area contributed by atoms with Crippen LogP contribution in [0.2, 0.25) is 0 Å². The number of hydrogen-bond donors (Lipinski definition) is 2. The van der Waals surface area contributed by atoms with Crippen molar-refractivity contribution in [3.8, 4) is 5.75 Å². The Morgan fingerprint density at radius 3 is 2.48 bits per heavy atom. The van der Waals surface area contributed by atoms with Crippen molar-refractivity contribution in [2.45, 2.75) is 109 Å². The summed E-state index contributed by atoms with van der Waals surface area (Å²) < 4.78 is 47.1. The molecule has 0 saturated heterocycles. The maximum absolute atomic E-state index is 14.4. The number of fused-ring (bicyclic) bond motifs is 1. The largest absolute Gasteiger partial charge is 0.490 e. The Morgan fingerprint density at radius 1 is 1.09 bits per heavy atom. The predicted octanol–water partition coefficient (Wildman–Crippen LogP) is 5.40. The van der Waals surface area contributed by atoms with E-state index in [9.17, 15) is 18.3 Å². The van der Waals surface area contributed by atoms with Gasteiger partial charge in [0.2, 0.25) is 0 Å². The fourth-order valence-electron chi connectivity index (χ4n) is 6.71. The zero-order valence-corrected chi connectivity index (χ0v) is 29.3. The molecule has 1 aromatic carbocycles. The van der Waals surface area contributed by atoms with Crippen molar-refractivity contribution in [2.75, 3.05) is 44.6 Å². The van der Waals surface area contributed by atoms with Crippen molar-refractivity contribution < 1.29 is 32.3 Å². The van der Waals surface area contributed by atoms with Crippen molar-refractivity contribution in [1.29, 1.82) is 0 Å². The molecule has 1 saturated carbocycles. The van der Waals surface area contributed by atoms with E-state index in [0.717, 1.165) is 32.4 Å². The van der Waals surface area contributed by atoms with Crippen LogP contribution in [-0.2, 0) is 14.8 Å². The summed E-state index contributed by atoms with van der Waals surface area (Å²) >= 11 is 0. The highest BCUT2D eigenvalue weighted by molar-refractivity contribution is 7.92. The third kappa shape index (κ3) is 9.45. The molecule has 4 atom stereocenters. The van der Waals surface area contributed by atoms with Gasteiger partial charge in [-0.25, -0.2) is 8.42 Å². The monoisotopic (exact) mass is 662 g/mol. The van der Waals surface area contributed by atoms with Gasteiger partial charge in [0.05, 0.1) is 30.4 Å². The van der Waals surface area contributed by atoms with E-state index < -0.39 is 16.1 Å². The molecule has 2 aliphatic rings. The van der Waals surface area contributed by atoms with Gasteiger partial charge in [-0.05, 0) is 91.0 Å². The maximum Gasteiger partial charge on any atom is 0.267 e. The Morgan fingerprint density at radius 2 is 1.80 bits per heavy atom. The second-order valence-electron chi connectivity index (χ2n) is 13.5. The third-order valence-corrected chi connectivity index (χ3v) is 11.0. The normalized spacial score (nSPS) is 23.4. The first-order valence-corrected chi connectivity index (χ1v) is 18.4. The highest BCUT2D eigenvalue weighted by atomic mass is 32.2. The van der Waals surface area contributed by atoms with E-state index in [1.54, 1.807) is 24.0 Å². The predicted molar refractivity (Wildman–Crippen MR) is 178 cm³/mol. The van der Waals surface area contributed by atoms with Gasteiger partial charge in [0.15, 0.2) is 10.7 Å². The van der Waals surface area contributed by atoms with Crippen LogP contribution in [0.4, 0.5) is 5.69 Å². The summed E-state index contributed by atoms with van der Waals surface area (Å²) in [5.74, 6) is 0.883. The summed E-state index contributed by atoms with van der Waals surface area (Å²) in [4.78, 5) is 18.4. The number of aromatic nitrogens is 1. The second kappa shape index (κ2) is 16.4. The van der Waals surface area contributed by atoms with Crippen molar-refractivity contribution >= 4 is 21.6 Å². The second-order valence-corrected chi connectivity index (χ2v) is 15.1. The molecule has 1 amide bonds. The molecule has 1 aromatic heterocycles.